The fourth-order valence-corrected chi connectivity index (χ4v) is 2.20. The smallest absolute Gasteiger partial charge is 0.00998 e. The number of rotatable bonds is 4. The Morgan fingerprint density at radius 1 is 1.40 bits per heavy atom. The maximum absolute atomic E-state index is 6.17. The fourth-order valence-electron chi connectivity index (χ4n) is 2.20. The van der Waals surface area contributed by atoms with Crippen LogP contribution in [0.1, 0.15) is 47.0 Å². The molecule has 1 aliphatic rings. The first-order chi connectivity index (χ1) is 6.93. The van der Waals surface area contributed by atoms with Gasteiger partial charge in [0.05, 0.1) is 0 Å². The summed E-state index contributed by atoms with van der Waals surface area (Å²) in [5.41, 5.74) is 6.42. The molecule has 1 rings (SSSR count). The Balaban J connectivity index is 2.21. The standard InChI is InChI=1S/C13H28N2/c1-5-11-6-8-15(10-11)9-7-12(14)13(2,3)4/h11-12H,5-10,14H2,1-4H3. The molecular formula is C13H28N2. The fraction of sp³-hybridized carbons (Fsp3) is 1.00. The summed E-state index contributed by atoms with van der Waals surface area (Å²) in [7, 11) is 0. The molecule has 0 saturated carbocycles. The molecule has 2 heteroatoms. The van der Waals surface area contributed by atoms with E-state index in [0.717, 1.165) is 12.3 Å². The molecule has 0 aromatic carbocycles. The zero-order valence-electron chi connectivity index (χ0n) is 10.9. The highest BCUT2D eigenvalue weighted by Gasteiger charge is 2.24. The Labute approximate surface area is 95.2 Å². The molecule has 1 fully saturated rings. The molecule has 0 aliphatic carbocycles. The molecule has 90 valence electrons. The monoisotopic (exact) mass is 212 g/mol. The first-order valence-electron chi connectivity index (χ1n) is 6.41. The van der Waals surface area contributed by atoms with Crippen molar-refractivity contribution in [2.75, 3.05) is 19.6 Å². The van der Waals surface area contributed by atoms with Gasteiger partial charge in [0.2, 0.25) is 0 Å². The van der Waals surface area contributed by atoms with E-state index in [1.54, 1.807) is 0 Å². The second-order valence-electron chi connectivity index (χ2n) is 6.12. The summed E-state index contributed by atoms with van der Waals surface area (Å²) in [4.78, 5) is 2.58. The molecule has 0 aromatic rings. The summed E-state index contributed by atoms with van der Waals surface area (Å²) in [5, 5.41) is 0. The molecule has 2 N–H and O–H groups in total. The van der Waals surface area contributed by atoms with E-state index in [1.807, 2.05) is 0 Å². The van der Waals surface area contributed by atoms with Gasteiger partial charge in [-0.2, -0.15) is 0 Å². The van der Waals surface area contributed by atoms with Gasteiger partial charge in [0.1, 0.15) is 0 Å². The Morgan fingerprint density at radius 3 is 2.53 bits per heavy atom. The maximum Gasteiger partial charge on any atom is 0.00998 e. The Bertz CT molecular complexity index is 183. The van der Waals surface area contributed by atoms with E-state index < -0.39 is 0 Å². The molecule has 2 atom stereocenters. The molecule has 0 spiro atoms. The van der Waals surface area contributed by atoms with Crippen molar-refractivity contribution < 1.29 is 0 Å². The Hall–Kier alpha value is -0.0800. The number of hydrogen-bond acceptors (Lipinski definition) is 2. The van der Waals surface area contributed by atoms with E-state index in [1.165, 1.54) is 32.5 Å². The number of hydrogen-bond donors (Lipinski definition) is 1. The molecule has 1 heterocycles. The largest absolute Gasteiger partial charge is 0.327 e. The topological polar surface area (TPSA) is 29.3 Å². The van der Waals surface area contributed by atoms with Crippen molar-refractivity contribution in [1.82, 2.24) is 4.90 Å². The molecule has 0 bridgehead atoms. The molecular weight excluding hydrogens is 184 g/mol. The van der Waals surface area contributed by atoms with Crippen molar-refractivity contribution in [3.63, 3.8) is 0 Å². The molecule has 15 heavy (non-hydrogen) atoms. The van der Waals surface area contributed by atoms with Gasteiger partial charge in [-0.25, -0.2) is 0 Å². The van der Waals surface area contributed by atoms with Crippen LogP contribution in [-0.4, -0.2) is 30.6 Å². The van der Waals surface area contributed by atoms with Crippen LogP contribution < -0.4 is 5.73 Å². The van der Waals surface area contributed by atoms with Gasteiger partial charge in [-0.15, -0.1) is 0 Å². The van der Waals surface area contributed by atoms with E-state index in [0.29, 0.717) is 6.04 Å². The van der Waals surface area contributed by atoms with Crippen LogP contribution in [0, 0.1) is 11.3 Å². The highest BCUT2D eigenvalue weighted by atomic mass is 15.1. The lowest BCUT2D eigenvalue weighted by atomic mass is 9.85. The van der Waals surface area contributed by atoms with E-state index in [-0.39, 0.29) is 5.41 Å². The van der Waals surface area contributed by atoms with Crippen LogP contribution in [0.25, 0.3) is 0 Å². The van der Waals surface area contributed by atoms with Crippen molar-refractivity contribution >= 4 is 0 Å². The third-order valence-corrected chi connectivity index (χ3v) is 3.82. The Kier molecular flexibility index (Phi) is 4.60. The number of nitrogens with two attached hydrogens (primary N) is 1. The lowest BCUT2D eigenvalue weighted by Crippen LogP contribution is -2.38. The van der Waals surface area contributed by atoms with Gasteiger partial charge >= 0.3 is 0 Å². The van der Waals surface area contributed by atoms with Gasteiger partial charge in [0.15, 0.2) is 0 Å². The highest BCUT2D eigenvalue weighted by Crippen LogP contribution is 2.22. The van der Waals surface area contributed by atoms with Crippen LogP contribution >= 0.6 is 0 Å². The van der Waals surface area contributed by atoms with Crippen molar-refractivity contribution in [3.05, 3.63) is 0 Å². The van der Waals surface area contributed by atoms with Crippen molar-refractivity contribution in [2.45, 2.75) is 53.0 Å². The van der Waals surface area contributed by atoms with Gasteiger partial charge in [0.25, 0.3) is 0 Å². The second-order valence-corrected chi connectivity index (χ2v) is 6.12. The van der Waals surface area contributed by atoms with Crippen molar-refractivity contribution in [3.8, 4) is 0 Å². The van der Waals surface area contributed by atoms with Gasteiger partial charge in [-0.1, -0.05) is 34.1 Å². The summed E-state index contributed by atoms with van der Waals surface area (Å²) in [6, 6.07) is 0.332. The Morgan fingerprint density at radius 2 is 2.07 bits per heavy atom. The SMILES string of the molecule is CCC1CCN(CCC(N)C(C)(C)C)C1. The predicted octanol–water partition coefficient (Wildman–Crippen LogP) is 2.48. The van der Waals surface area contributed by atoms with Crippen LogP contribution in [0.2, 0.25) is 0 Å². The van der Waals surface area contributed by atoms with Crippen LogP contribution in [0.4, 0.5) is 0 Å². The minimum absolute atomic E-state index is 0.254. The third kappa shape index (κ3) is 4.12. The summed E-state index contributed by atoms with van der Waals surface area (Å²) in [6.45, 7) is 12.8. The summed E-state index contributed by atoms with van der Waals surface area (Å²) >= 11 is 0. The molecule has 0 aromatic heterocycles. The zero-order chi connectivity index (χ0) is 11.5. The number of likely N-dealkylation sites (tertiary alicyclic amines) is 1. The molecule has 1 saturated heterocycles. The molecule has 2 unspecified atom stereocenters. The first kappa shape index (κ1) is 13.0. The molecule has 2 nitrogen and oxygen atoms in total. The summed E-state index contributed by atoms with van der Waals surface area (Å²) < 4.78 is 0. The molecule has 0 radical (unpaired) electrons. The zero-order valence-corrected chi connectivity index (χ0v) is 10.9. The second kappa shape index (κ2) is 5.31. The maximum atomic E-state index is 6.17. The van der Waals surface area contributed by atoms with Gasteiger partial charge in [-0.05, 0) is 37.3 Å². The van der Waals surface area contributed by atoms with Crippen molar-refractivity contribution in [2.24, 2.45) is 17.1 Å². The molecule has 1 aliphatic heterocycles. The highest BCUT2D eigenvalue weighted by molar-refractivity contribution is 4.80. The van der Waals surface area contributed by atoms with E-state index in [2.05, 4.69) is 32.6 Å². The van der Waals surface area contributed by atoms with Crippen LogP contribution in [0.5, 0.6) is 0 Å². The van der Waals surface area contributed by atoms with Gasteiger partial charge in [-0.3, -0.25) is 0 Å². The van der Waals surface area contributed by atoms with Crippen LogP contribution in [0.15, 0.2) is 0 Å². The quantitative estimate of drug-likeness (QED) is 0.776. The average Bonchev–Trinajstić information content (AvgIpc) is 2.60. The summed E-state index contributed by atoms with van der Waals surface area (Å²) in [6.07, 6.45) is 3.86. The van der Waals surface area contributed by atoms with Gasteiger partial charge < -0.3 is 10.6 Å². The first-order valence-corrected chi connectivity index (χ1v) is 6.41. The lowest BCUT2D eigenvalue weighted by Gasteiger charge is -2.28. The van der Waals surface area contributed by atoms with Gasteiger partial charge in [0, 0.05) is 12.6 Å². The summed E-state index contributed by atoms with van der Waals surface area (Å²) in [5.74, 6) is 0.941. The minimum Gasteiger partial charge on any atom is -0.327 e. The van der Waals surface area contributed by atoms with Crippen LogP contribution in [-0.2, 0) is 0 Å². The van der Waals surface area contributed by atoms with E-state index >= 15 is 0 Å². The van der Waals surface area contributed by atoms with Crippen molar-refractivity contribution in [1.29, 1.82) is 0 Å². The third-order valence-electron chi connectivity index (χ3n) is 3.82. The predicted molar refractivity (Wildman–Crippen MR) is 66.9 cm³/mol. The minimum atomic E-state index is 0.254. The number of nitrogens with zero attached hydrogens (tertiary/aromatic N) is 1. The lowest BCUT2D eigenvalue weighted by molar-refractivity contribution is 0.251. The average molecular weight is 212 g/mol. The van der Waals surface area contributed by atoms with E-state index in [9.17, 15) is 0 Å². The van der Waals surface area contributed by atoms with Crippen LogP contribution in [0.3, 0.4) is 0 Å². The van der Waals surface area contributed by atoms with E-state index in [4.69, 9.17) is 5.73 Å². The molecule has 0 amide bonds. The normalized spacial score (nSPS) is 25.8.